The van der Waals surface area contributed by atoms with Gasteiger partial charge in [-0.15, -0.1) is 0 Å². The largest absolute Gasteiger partial charge is 0.399 e. The Balaban J connectivity index is 1.53. The van der Waals surface area contributed by atoms with Gasteiger partial charge in [0.2, 0.25) is 0 Å². The van der Waals surface area contributed by atoms with Gasteiger partial charge >= 0.3 is 6.03 Å². The van der Waals surface area contributed by atoms with E-state index in [0.717, 1.165) is 11.1 Å². The number of sulfone groups is 1. The molecule has 4 N–H and O–H groups in total. The lowest BCUT2D eigenvalue weighted by Gasteiger charge is -2.11. The van der Waals surface area contributed by atoms with Gasteiger partial charge in [0.25, 0.3) is 0 Å². The van der Waals surface area contributed by atoms with Crippen molar-refractivity contribution in [2.45, 2.75) is 0 Å². The molecule has 0 unspecified atom stereocenters. The second-order valence-electron chi connectivity index (χ2n) is 5.95. The third-order valence-electron chi connectivity index (χ3n) is 3.92. The summed E-state index contributed by atoms with van der Waals surface area (Å²) in [5, 5.41) is 6.62. The SMILES string of the molecule is Nc1ccc(-c2ccc(NC(=O)NC[C@@H]3C=CS(=O)(=O)C3)cc2)cc1. The minimum absolute atomic E-state index is 0.0452. The summed E-state index contributed by atoms with van der Waals surface area (Å²) in [5.41, 5.74) is 9.11. The van der Waals surface area contributed by atoms with Crippen molar-refractivity contribution in [2.24, 2.45) is 5.92 Å². The van der Waals surface area contributed by atoms with Gasteiger partial charge in [-0.2, -0.15) is 0 Å². The molecule has 2 aromatic carbocycles. The Labute approximate surface area is 146 Å². The average molecular weight is 357 g/mol. The number of nitrogens with two attached hydrogens (primary N) is 1. The van der Waals surface area contributed by atoms with E-state index >= 15 is 0 Å². The molecule has 130 valence electrons. The average Bonchev–Trinajstić information content (AvgIpc) is 2.94. The Morgan fingerprint density at radius 2 is 1.64 bits per heavy atom. The number of benzene rings is 2. The second kappa shape index (κ2) is 6.98. The van der Waals surface area contributed by atoms with E-state index in [1.165, 1.54) is 5.41 Å². The number of hydrogen-bond donors (Lipinski definition) is 3. The quantitative estimate of drug-likeness (QED) is 0.732. The smallest absolute Gasteiger partial charge is 0.319 e. The van der Waals surface area contributed by atoms with Crippen molar-refractivity contribution in [3.63, 3.8) is 0 Å². The molecule has 0 radical (unpaired) electrons. The van der Waals surface area contributed by atoms with Crippen LogP contribution in [0.1, 0.15) is 0 Å². The van der Waals surface area contributed by atoms with Crippen molar-refractivity contribution >= 4 is 27.2 Å². The van der Waals surface area contributed by atoms with Gasteiger partial charge in [0, 0.05) is 29.2 Å². The lowest BCUT2D eigenvalue weighted by Crippen LogP contribution is -2.33. The Morgan fingerprint density at radius 1 is 1.04 bits per heavy atom. The Bertz CT molecular complexity index is 888. The molecule has 1 aliphatic heterocycles. The Morgan fingerprint density at radius 3 is 2.20 bits per heavy atom. The summed E-state index contributed by atoms with van der Waals surface area (Å²) in [6, 6.07) is 14.6. The molecule has 3 rings (SSSR count). The Hall–Kier alpha value is -2.80. The highest BCUT2D eigenvalue weighted by molar-refractivity contribution is 7.94. The van der Waals surface area contributed by atoms with Gasteiger partial charge < -0.3 is 16.4 Å². The van der Waals surface area contributed by atoms with Gasteiger partial charge in [0.15, 0.2) is 9.84 Å². The van der Waals surface area contributed by atoms with Crippen LogP contribution >= 0.6 is 0 Å². The van der Waals surface area contributed by atoms with Crippen molar-refractivity contribution in [3.05, 3.63) is 60.0 Å². The number of carbonyl (C=O) groups is 1. The van der Waals surface area contributed by atoms with Gasteiger partial charge in [-0.1, -0.05) is 30.3 Å². The van der Waals surface area contributed by atoms with Crippen LogP contribution in [0.15, 0.2) is 60.0 Å². The van der Waals surface area contributed by atoms with Gasteiger partial charge in [-0.05, 0) is 35.4 Å². The van der Waals surface area contributed by atoms with Crippen molar-refractivity contribution in [1.82, 2.24) is 5.32 Å². The number of urea groups is 1. The van der Waals surface area contributed by atoms with Crippen LogP contribution in [0.2, 0.25) is 0 Å². The highest BCUT2D eigenvalue weighted by atomic mass is 32.2. The number of rotatable bonds is 4. The van der Waals surface area contributed by atoms with Crippen LogP contribution in [0, 0.1) is 5.92 Å². The van der Waals surface area contributed by atoms with Crippen LogP contribution < -0.4 is 16.4 Å². The minimum Gasteiger partial charge on any atom is -0.399 e. The molecule has 1 heterocycles. The first-order valence-electron chi connectivity index (χ1n) is 7.83. The summed E-state index contributed by atoms with van der Waals surface area (Å²) in [6.45, 7) is 0.283. The van der Waals surface area contributed by atoms with Gasteiger partial charge in [-0.3, -0.25) is 0 Å². The third kappa shape index (κ3) is 4.60. The standard InChI is InChI=1S/C18H19N3O3S/c19-16-5-1-14(2-6-16)15-3-7-17(8-4-15)21-18(22)20-11-13-9-10-25(23,24)12-13/h1-10,13H,11-12,19H2,(H2,20,21,22)/t13-/m0/s1. The summed E-state index contributed by atoms with van der Waals surface area (Å²) in [4.78, 5) is 11.9. The molecule has 2 amide bonds. The maximum Gasteiger partial charge on any atom is 0.319 e. The molecular formula is C18H19N3O3S. The predicted molar refractivity (Wildman–Crippen MR) is 99.7 cm³/mol. The number of anilines is 2. The molecule has 0 saturated heterocycles. The fourth-order valence-corrected chi connectivity index (χ4v) is 3.99. The van der Waals surface area contributed by atoms with E-state index in [9.17, 15) is 13.2 Å². The van der Waals surface area contributed by atoms with Crippen molar-refractivity contribution < 1.29 is 13.2 Å². The number of amides is 2. The zero-order valence-corrected chi connectivity index (χ0v) is 14.3. The first kappa shape index (κ1) is 17.0. The molecule has 0 fully saturated rings. The van der Waals surface area contributed by atoms with Crippen molar-refractivity contribution in [1.29, 1.82) is 0 Å². The zero-order valence-electron chi connectivity index (χ0n) is 13.5. The number of nitrogen functional groups attached to an aromatic ring is 1. The monoisotopic (exact) mass is 357 g/mol. The third-order valence-corrected chi connectivity index (χ3v) is 5.38. The van der Waals surface area contributed by atoms with Crippen LogP contribution in [0.3, 0.4) is 0 Å². The van der Waals surface area contributed by atoms with Crippen molar-refractivity contribution in [2.75, 3.05) is 23.3 Å². The fraction of sp³-hybridized carbons (Fsp3) is 0.167. The summed E-state index contributed by atoms with van der Waals surface area (Å²) >= 11 is 0. The van der Waals surface area contributed by atoms with Crippen LogP contribution in [-0.4, -0.2) is 26.7 Å². The molecule has 25 heavy (non-hydrogen) atoms. The maximum absolute atomic E-state index is 11.9. The Kier molecular flexibility index (Phi) is 4.76. The molecule has 2 aromatic rings. The topological polar surface area (TPSA) is 101 Å². The molecule has 0 aliphatic carbocycles. The maximum atomic E-state index is 11.9. The van der Waals surface area contributed by atoms with Crippen molar-refractivity contribution in [3.8, 4) is 11.1 Å². The molecule has 1 aliphatic rings. The van der Waals surface area contributed by atoms with Gasteiger partial charge in [0.05, 0.1) is 5.75 Å². The first-order valence-corrected chi connectivity index (χ1v) is 9.55. The molecule has 7 heteroatoms. The first-order chi connectivity index (χ1) is 11.9. The summed E-state index contributed by atoms with van der Waals surface area (Å²) in [6.07, 6.45) is 1.61. The summed E-state index contributed by atoms with van der Waals surface area (Å²) in [7, 11) is -3.10. The highest BCUT2D eigenvalue weighted by Gasteiger charge is 2.21. The van der Waals surface area contributed by atoms with Crippen LogP contribution in [0.4, 0.5) is 16.2 Å². The van der Waals surface area contributed by atoms with E-state index in [4.69, 9.17) is 5.73 Å². The fourth-order valence-electron chi connectivity index (χ4n) is 2.59. The van der Waals surface area contributed by atoms with E-state index in [1.807, 2.05) is 48.5 Å². The zero-order chi connectivity index (χ0) is 17.9. The number of nitrogens with one attached hydrogen (secondary N) is 2. The van der Waals surface area contributed by atoms with Gasteiger partial charge in [-0.25, -0.2) is 13.2 Å². The molecular weight excluding hydrogens is 338 g/mol. The molecule has 0 spiro atoms. The van der Waals surface area contributed by atoms with Crippen LogP contribution in [-0.2, 0) is 9.84 Å². The summed E-state index contributed by atoms with van der Waals surface area (Å²) < 4.78 is 22.6. The number of carbonyl (C=O) groups excluding carboxylic acids is 1. The lowest BCUT2D eigenvalue weighted by atomic mass is 10.1. The van der Waals surface area contributed by atoms with Gasteiger partial charge in [0.1, 0.15) is 0 Å². The molecule has 0 saturated carbocycles. The molecule has 1 atom stereocenters. The van der Waals surface area contributed by atoms with Crippen LogP contribution in [0.5, 0.6) is 0 Å². The van der Waals surface area contributed by atoms with Crippen LogP contribution in [0.25, 0.3) is 11.1 Å². The summed E-state index contributed by atoms with van der Waals surface area (Å²) in [5.74, 6) is -0.132. The van der Waals surface area contributed by atoms with E-state index in [-0.39, 0.29) is 24.2 Å². The molecule has 0 bridgehead atoms. The van der Waals surface area contributed by atoms with E-state index < -0.39 is 9.84 Å². The van der Waals surface area contributed by atoms with E-state index in [1.54, 1.807) is 6.08 Å². The normalized spacial score (nSPS) is 18.0. The second-order valence-corrected chi connectivity index (χ2v) is 7.88. The van der Waals surface area contributed by atoms with E-state index in [2.05, 4.69) is 10.6 Å². The molecule has 0 aromatic heterocycles. The highest BCUT2D eigenvalue weighted by Crippen LogP contribution is 2.22. The van der Waals surface area contributed by atoms with E-state index in [0.29, 0.717) is 11.4 Å². The molecule has 6 nitrogen and oxygen atoms in total. The minimum atomic E-state index is -3.10. The lowest BCUT2D eigenvalue weighted by molar-refractivity contribution is 0.251. The predicted octanol–water partition coefficient (Wildman–Crippen LogP) is 2.62. The number of hydrogen-bond acceptors (Lipinski definition) is 4.